The van der Waals surface area contributed by atoms with E-state index in [-0.39, 0.29) is 5.91 Å². The second kappa shape index (κ2) is 8.05. The Bertz CT molecular complexity index is 830. The average molecular weight is 375 g/mol. The van der Waals surface area contributed by atoms with Gasteiger partial charge in [0.15, 0.2) is 4.80 Å². The van der Waals surface area contributed by atoms with E-state index in [1.165, 1.54) is 17.0 Å². The maximum absolute atomic E-state index is 12.4. The molecule has 140 valence electrons. The maximum atomic E-state index is 12.4. The third-order valence-electron chi connectivity index (χ3n) is 4.53. The van der Waals surface area contributed by atoms with Crippen LogP contribution in [0.3, 0.4) is 0 Å². The minimum absolute atomic E-state index is 0.0267. The Morgan fingerprint density at radius 2 is 1.88 bits per heavy atom. The molecule has 3 rings (SSSR count). The molecule has 6 nitrogen and oxygen atoms in total. The first-order valence-corrected chi connectivity index (χ1v) is 9.72. The van der Waals surface area contributed by atoms with Crippen LogP contribution >= 0.6 is 11.3 Å². The molecular weight excluding hydrogens is 348 g/mol. The van der Waals surface area contributed by atoms with Gasteiger partial charge in [-0.1, -0.05) is 11.3 Å². The molecule has 0 aliphatic carbocycles. The number of thiazole rings is 1. The van der Waals surface area contributed by atoms with E-state index in [1.807, 2.05) is 19.1 Å². The summed E-state index contributed by atoms with van der Waals surface area (Å²) in [7, 11) is 3.55. The van der Waals surface area contributed by atoms with Gasteiger partial charge in [0.25, 0.3) is 5.91 Å². The van der Waals surface area contributed by atoms with Gasteiger partial charge in [0.05, 0.1) is 18.9 Å². The molecule has 0 N–H and O–H groups in total. The van der Waals surface area contributed by atoms with Gasteiger partial charge in [-0.05, 0) is 38.1 Å². The summed E-state index contributed by atoms with van der Waals surface area (Å²) in [4.78, 5) is 22.7. The van der Waals surface area contributed by atoms with E-state index in [0.717, 1.165) is 53.9 Å². The van der Waals surface area contributed by atoms with Crippen LogP contribution in [-0.2, 0) is 11.3 Å². The number of benzene rings is 1. The summed E-state index contributed by atoms with van der Waals surface area (Å²) in [6.07, 6.45) is 0. The summed E-state index contributed by atoms with van der Waals surface area (Å²) in [5, 5.41) is 0. The Morgan fingerprint density at radius 1 is 1.23 bits per heavy atom. The highest BCUT2D eigenvalue weighted by Gasteiger charge is 2.17. The summed E-state index contributed by atoms with van der Waals surface area (Å²) >= 11 is 1.45. The van der Waals surface area contributed by atoms with E-state index in [9.17, 15) is 4.79 Å². The van der Waals surface area contributed by atoms with Crippen molar-refractivity contribution < 1.29 is 9.53 Å². The van der Waals surface area contributed by atoms with E-state index in [2.05, 4.69) is 28.5 Å². The molecule has 26 heavy (non-hydrogen) atoms. The summed E-state index contributed by atoms with van der Waals surface area (Å²) in [5.41, 5.74) is 3.07. The van der Waals surface area contributed by atoms with Crippen molar-refractivity contribution in [2.45, 2.75) is 20.4 Å². The molecule has 0 unspecified atom stereocenters. The number of carbonyl (C=O) groups is 1. The van der Waals surface area contributed by atoms with Gasteiger partial charge in [0, 0.05) is 45.1 Å². The number of rotatable bonds is 4. The third kappa shape index (κ3) is 3.83. The fraction of sp³-hybridized carbons (Fsp3) is 0.474. The van der Waals surface area contributed by atoms with Crippen LogP contribution < -0.4 is 9.70 Å². The number of nitrogens with zero attached hydrogens (tertiary/aromatic N) is 4. The van der Waals surface area contributed by atoms with Crippen LogP contribution in [0.2, 0.25) is 0 Å². The highest BCUT2D eigenvalue weighted by molar-refractivity contribution is 7.11. The van der Waals surface area contributed by atoms with Crippen LogP contribution in [0.15, 0.2) is 29.3 Å². The monoisotopic (exact) mass is 374 g/mol. The SMILES string of the molecule is CCn1c(C)c(C(=O)N(C)C)s/c1=N\c1ccc(N2CCOCC2)cc1. The first kappa shape index (κ1) is 18.7. The fourth-order valence-electron chi connectivity index (χ4n) is 3.01. The van der Waals surface area contributed by atoms with Crippen molar-refractivity contribution >= 4 is 28.6 Å². The Labute approximate surface area is 158 Å². The van der Waals surface area contributed by atoms with Crippen LogP contribution in [0.4, 0.5) is 11.4 Å². The highest BCUT2D eigenvalue weighted by atomic mass is 32.1. The third-order valence-corrected chi connectivity index (χ3v) is 5.69. The van der Waals surface area contributed by atoms with Gasteiger partial charge >= 0.3 is 0 Å². The summed E-state index contributed by atoms with van der Waals surface area (Å²) in [6.45, 7) is 8.24. The molecular formula is C19H26N4O2S. The number of amides is 1. The van der Waals surface area contributed by atoms with Crippen molar-refractivity contribution in [1.82, 2.24) is 9.47 Å². The first-order chi connectivity index (χ1) is 12.5. The number of hydrogen-bond donors (Lipinski definition) is 0. The van der Waals surface area contributed by atoms with E-state index >= 15 is 0 Å². The van der Waals surface area contributed by atoms with Crippen molar-refractivity contribution in [3.8, 4) is 0 Å². The maximum Gasteiger partial charge on any atom is 0.265 e. The zero-order valence-electron chi connectivity index (χ0n) is 15.9. The molecule has 0 atom stereocenters. The second-order valence-electron chi connectivity index (χ2n) is 6.47. The molecule has 0 bridgehead atoms. The van der Waals surface area contributed by atoms with Crippen LogP contribution in [0.5, 0.6) is 0 Å². The largest absolute Gasteiger partial charge is 0.378 e. The molecule has 0 radical (unpaired) electrons. The molecule has 1 fully saturated rings. The quantitative estimate of drug-likeness (QED) is 0.827. The summed E-state index contributed by atoms with van der Waals surface area (Å²) < 4.78 is 7.50. The minimum atomic E-state index is 0.0267. The van der Waals surface area contributed by atoms with E-state index in [1.54, 1.807) is 19.0 Å². The number of ether oxygens (including phenoxy) is 1. The predicted octanol–water partition coefficient (Wildman–Crippen LogP) is 2.65. The number of hydrogen-bond acceptors (Lipinski definition) is 5. The number of morpholine rings is 1. The average Bonchev–Trinajstić information content (AvgIpc) is 2.97. The van der Waals surface area contributed by atoms with Gasteiger partial charge < -0.3 is 19.1 Å². The Hall–Kier alpha value is -2.12. The van der Waals surface area contributed by atoms with Crippen LogP contribution in [0.25, 0.3) is 0 Å². The second-order valence-corrected chi connectivity index (χ2v) is 7.45. The standard InChI is InChI=1S/C19H26N4O2S/c1-5-23-14(2)17(18(24)21(3)4)26-19(23)20-15-6-8-16(9-7-15)22-10-12-25-13-11-22/h6-9H,5,10-13H2,1-4H3/b20-19-. The van der Waals surface area contributed by atoms with E-state index in [0.29, 0.717) is 0 Å². The smallest absolute Gasteiger partial charge is 0.265 e. The Kier molecular flexibility index (Phi) is 5.78. The van der Waals surface area contributed by atoms with Gasteiger partial charge in [-0.2, -0.15) is 0 Å². The fourth-order valence-corrected chi connectivity index (χ4v) is 4.25. The van der Waals surface area contributed by atoms with E-state index < -0.39 is 0 Å². The summed E-state index contributed by atoms with van der Waals surface area (Å²) in [6, 6.07) is 8.28. The number of carbonyl (C=O) groups excluding carboxylic acids is 1. The van der Waals surface area contributed by atoms with Crippen LogP contribution in [0, 0.1) is 6.92 Å². The molecule has 1 aliphatic heterocycles. The zero-order valence-corrected chi connectivity index (χ0v) is 16.7. The van der Waals surface area contributed by atoms with Crippen molar-refractivity contribution in [2.75, 3.05) is 45.3 Å². The van der Waals surface area contributed by atoms with Gasteiger partial charge in [-0.15, -0.1) is 0 Å². The van der Waals surface area contributed by atoms with Gasteiger partial charge in [-0.3, -0.25) is 4.79 Å². The molecule has 0 saturated carbocycles. The van der Waals surface area contributed by atoms with Gasteiger partial charge in [-0.25, -0.2) is 4.99 Å². The molecule has 1 aliphatic rings. The normalized spacial score (nSPS) is 15.4. The van der Waals surface area contributed by atoms with Crippen LogP contribution in [0.1, 0.15) is 22.3 Å². The first-order valence-electron chi connectivity index (χ1n) is 8.90. The molecule has 1 aromatic heterocycles. The lowest BCUT2D eigenvalue weighted by Crippen LogP contribution is -2.36. The Balaban J connectivity index is 1.91. The topological polar surface area (TPSA) is 50.1 Å². The molecule has 7 heteroatoms. The predicted molar refractivity (Wildman–Crippen MR) is 105 cm³/mol. The molecule has 2 aromatic rings. The lowest BCUT2D eigenvalue weighted by molar-refractivity contribution is 0.0831. The van der Waals surface area contributed by atoms with Gasteiger partial charge in [0.2, 0.25) is 0 Å². The lowest BCUT2D eigenvalue weighted by atomic mass is 10.2. The number of anilines is 1. The Morgan fingerprint density at radius 3 is 2.46 bits per heavy atom. The lowest BCUT2D eigenvalue weighted by Gasteiger charge is -2.28. The molecule has 0 spiro atoms. The highest BCUT2D eigenvalue weighted by Crippen LogP contribution is 2.21. The van der Waals surface area contributed by atoms with Gasteiger partial charge in [0.1, 0.15) is 4.88 Å². The number of aromatic nitrogens is 1. The van der Waals surface area contributed by atoms with Crippen LogP contribution in [-0.4, -0.2) is 55.8 Å². The van der Waals surface area contributed by atoms with Crippen molar-refractivity contribution in [3.63, 3.8) is 0 Å². The molecule has 1 saturated heterocycles. The van der Waals surface area contributed by atoms with E-state index in [4.69, 9.17) is 9.73 Å². The zero-order chi connectivity index (χ0) is 18.7. The summed E-state index contributed by atoms with van der Waals surface area (Å²) in [5.74, 6) is 0.0267. The molecule has 1 aromatic carbocycles. The van der Waals surface area contributed by atoms with Crippen molar-refractivity contribution in [1.29, 1.82) is 0 Å². The van der Waals surface area contributed by atoms with Crippen molar-refractivity contribution in [2.24, 2.45) is 4.99 Å². The minimum Gasteiger partial charge on any atom is -0.378 e. The van der Waals surface area contributed by atoms with Crippen molar-refractivity contribution in [3.05, 3.63) is 39.6 Å². The molecule has 2 heterocycles. The molecule has 1 amide bonds.